The van der Waals surface area contributed by atoms with E-state index in [1.165, 1.54) is 18.2 Å². The zero-order valence-electron chi connectivity index (χ0n) is 13.3. The molecule has 0 aromatic heterocycles. The monoisotopic (exact) mass is 366 g/mol. The molecule has 1 saturated heterocycles. The number of hydrogen-bond acceptors (Lipinski definition) is 5. The number of piperazine rings is 1. The molecule has 1 fully saturated rings. The number of sulfone groups is 1. The Morgan fingerprint density at radius 3 is 2.29 bits per heavy atom. The van der Waals surface area contributed by atoms with Gasteiger partial charge in [-0.1, -0.05) is 19.1 Å². The van der Waals surface area contributed by atoms with Crippen LogP contribution in [0.5, 0.6) is 0 Å². The van der Waals surface area contributed by atoms with E-state index in [9.17, 15) is 26.7 Å². The minimum absolute atomic E-state index is 0.0746. The summed E-state index contributed by atoms with van der Waals surface area (Å²) < 4.78 is 62.1. The first-order valence-corrected chi connectivity index (χ1v) is 9.21. The fourth-order valence-corrected chi connectivity index (χ4v) is 3.65. The third-order valence-electron chi connectivity index (χ3n) is 4.11. The van der Waals surface area contributed by atoms with Gasteiger partial charge >= 0.3 is 5.51 Å². The van der Waals surface area contributed by atoms with Gasteiger partial charge in [0, 0.05) is 32.7 Å². The van der Waals surface area contributed by atoms with Gasteiger partial charge in [-0.15, -0.1) is 0 Å². The van der Waals surface area contributed by atoms with Crippen LogP contribution in [0.2, 0.25) is 0 Å². The van der Waals surface area contributed by atoms with E-state index < -0.39 is 26.3 Å². The van der Waals surface area contributed by atoms with Crippen molar-refractivity contribution in [3.05, 3.63) is 24.3 Å². The minimum Gasteiger partial charge on any atom is -0.392 e. The molecule has 0 bridgehead atoms. The fourth-order valence-electron chi connectivity index (χ4n) is 2.67. The summed E-state index contributed by atoms with van der Waals surface area (Å²) in [6.07, 6.45) is 0.196. The molecule has 5 nitrogen and oxygen atoms in total. The van der Waals surface area contributed by atoms with Crippen molar-refractivity contribution >= 4 is 15.5 Å². The molecule has 1 aromatic carbocycles. The van der Waals surface area contributed by atoms with Gasteiger partial charge in [-0.05, 0) is 18.6 Å². The fraction of sp³-hybridized carbons (Fsp3) is 0.600. The van der Waals surface area contributed by atoms with E-state index in [1.54, 1.807) is 4.90 Å². The number of aliphatic hydroxyl groups excluding tert-OH is 1. The number of alkyl halides is 3. The predicted molar refractivity (Wildman–Crippen MR) is 84.6 cm³/mol. The lowest BCUT2D eigenvalue weighted by Gasteiger charge is -2.37. The van der Waals surface area contributed by atoms with Gasteiger partial charge in [0.2, 0.25) is 0 Å². The van der Waals surface area contributed by atoms with Crippen molar-refractivity contribution in [1.29, 1.82) is 0 Å². The third-order valence-corrected chi connectivity index (χ3v) is 5.65. The first-order chi connectivity index (χ1) is 11.2. The molecule has 0 unspecified atom stereocenters. The van der Waals surface area contributed by atoms with Crippen molar-refractivity contribution < 1.29 is 26.7 Å². The molecular formula is C15H21F3N2O3S. The van der Waals surface area contributed by atoms with Crippen LogP contribution in [-0.4, -0.2) is 62.8 Å². The molecular weight excluding hydrogens is 345 g/mol. The van der Waals surface area contributed by atoms with Gasteiger partial charge in [0.15, 0.2) is 0 Å². The van der Waals surface area contributed by atoms with E-state index in [4.69, 9.17) is 0 Å². The smallest absolute Gasteiger partial charge is 0.392 e. The zero-order chi connectivity index (χ0) is 18.0. The van der Waals surface area contributed by atoms with Gasteiger partial charge in [-0.25, -0.2) is 8.42 Å². The molecule has 1 aromatic rings. The number of para-hydroxylation sites is 1. The quantitative estimate of drug-likeness (QED) is 0.862. The van der Waals surface area contributed by atoms with E-state index in [-0.39, 0.29) is 5.69 Å². The molecule has 1 aliphatic rings. The molecule has 0 aliphatic carbocycles. The standard InChI is InChI=1S/C15H21F3N2O3S/c1-2-12(21)11-19-7-9-20(10-8-19)13-5-3-4-6-14(13)24(22,23)15(16,17)18/h3-6,12,21H,2,7-11H2,1H3/t12-/m1/s1. The number of halogens is 3. The normalized spacial score (nSPS) is 18.6. The first kappa shape index (κ1) is 19.0. The summed E-state index contributed by atoms with van der Waals surface area (Å²) in [6.45, 7) is 4.29. The Kier molecular flexibility index (Phi) is 5.77. The second-order valence-electron chi connectivity index (χ2n) is 5.77. The third kappa shape index (κ3) is 4.01. The molecule has 2 rings (SSSR count). The Labute approximate surface area is 139 Å². The van der Waals surface area contributed by atoms with Crippen LogP contribution >= 0.6 is 0 Å². The Morgan fingerprint density at radius 2 is 1.75 bits per heavy atom. The largest absolute Gasteiger partial charge is 0.501 e. The lowest BCUT2D eigenvalue weighted by Crippen LogP contribution is -2.49. The molecule has 0 amide bonds. The minimum atomic E-state index is -5.39. The average Bonchev–Trinajstić information content (AvgIpc) is 2.54. The van der Waals surface area contributed by atoms with Crippen molar-refractivity contribution in [1.82, 2.24) is 4.90 Å². The number of hydrogen-bond donors (Lipinski definition) is 1. The highest BCUT2D eigenvalue weighted by atomic mass is 32.2. The van der Waals surface area contributed by atoms with E-state index in [0.717, 1.165) is 6.07 Å². The number of anilines is 1. The highest BCUT2D eigenvalue weighted by Gasteiger charge is 2.48. The van der Waals surface area contributed by atoms with Gasteiger partial charge in [0.1, 0.15) is 0 Å². The van der Waals surface area contributed by atoms with Crippen LogP contribution in [0.4, 0.5) is 18.9 Å². The highest BCUT2D eigenvalue weighted by molar-refractivity contribution is 7.92. The van der Waals surface area contributed by atoms with Crippen LogP contribution in [0, 0.1) is 0 Å². The van der Waals surface area contributed by atoms with Crippen molar-refractivity contribution in [3.8, 4) is 0 Å². The molecule has 1 N–H and O–H groups in total. The highest BCUT2D eigenvalue weighted by Crippen LogP contribution is 2.36. The Bertz CT molecular complexity index is 656. The van der Waals surface area contributed by atoms with E-state index in [2.05, 4.69) is 0 Å². The van der Waals surface area contributed by atoms with Gasteiger partial charge < -0.3 is 10.0 Å². The summed E-state index contributed by atoms with van der Waals surface area (Å²) in [6, 6.07) is 5.20. The van der Waals surface area contributed by atoms with Crippen LogP contribution in [0.15, 0.2) is 29.2 Å². The van der Waals surface area contributed by atoms with Crippen LogP contribution < -0.4 is 4.90 Å². The molecule has 9 heteroatoms. The summed E-state index contributed by atoms with van der Waals surface area (Å²) in [5, 5.41) is 9.67. The van der Waals surface area contributed by atoms with Crippen LogP contribution in [0.1, 0.15) is 13.3 Å². The zero-order valence-corrected chi connectivity index (χ0v) is 14.1. The summed E-state index contributed by atoms with van der Waals surface area (Å²) >= 11 is 0. The lowest BCUT2D eigenvalue weighted by molar-refractivity contribution is -0.0435. The van der Waals surface area contributed by atoms with E-state index in [0.29, 0.717) is 39.1 Å². The summed E-state index contributed by atoms with van der Waals surface area (Å²) in [5.74, 6) is 0. The maximum Gasteiger partial charge on any atom is 0.501 e. The van der Waals surface area contributed by atoms with Crippen LogP contribution in [0.25, 0.3) is 0 Å². The van der Waals surface area contributed by atoms with Crippen molar-refractivity contribution in [2.24, 2.45) is 0 Å². The molecule has 136 valence electrons. The first-order valence-electron chi connectivity index (χ1n) is 7.72. The van der Waals surface area contributed by atoms with Gasteiger partial charge in [0.05, 0.1) is 16.7 Å². The molecule has 0 saturated carbocycles. The molecule has 1 heterocycles. The van der Waals surface area contributed by atoms with E-state index in [1.807, 2.05) is 11.8 Å². The topological polar surface area (TPSA) is 60.9 Å². The van der Waals surface area contributed by atoms with Crippen molar-refractivity contribution in [3.63, 3.8) is 0 Å². The number of rotatable bonds is 5. The Morgan fingerprint density at radius 1 is 1.17 bits per heavy atom. The maximum absolute atomic E-state index is 12.9. The summed E-state index contributed by atoms with van der Waals surface area (Å²) in [4.78, 5) is 2.96. The molecule has 24 heavy (non-hydrogen) atoms. The molecule has 0 radical (unpaired) electrons. The van der Waals surface area contributed by atoms with Crippen molar-refractivity contribution in [2.45, 2.75) is 29.9 Å². The lowest BCUT2D eigenvalue weighted by atomic mass is 10.2. The van der Waals surface area contributed by atoms with Gasteiger partial charge in [-0.2, -0.15) is 13.2 Å². The number of aliphatic hydroxyl groups is 1. The Hall–Kier alpha value is -1.32. The average molecular weight is 366 g/mol. The maximum atomic E-state index is 12.9. The number of nitrogens with zero attached hydrogens (tertiary/aromatic N) is 2. The number of benzene rings is 1. The second-order valence-corrected chi connectivity index (χ2v) is 7.68. The van der Waals surface area contributed by atoms with E-state index >= 15 is 0 Å². The number of β-amino-alcohol motifs (C(OH)–C–C–N with tert-alkyl or cyclic N) is 1. The van der Waals surface area contributed by atoms with Crippen LogP contribution in [0.3, 0.4) is 0 Å². The van der Waals surface area contributed by atoms with Crippen LogP contribution in [-0.2, 0) is 9.84 Å². The summed E-state index contributed by atoms with van der Waals surface area (Å²) in [7, 11) is -5.39. The molecule has 0 spiro atoms. The van der Waals surface area contributed by atoms with Gasteiger partial charge in [-0.3, -0.25) is 4.90 Å². The molecule has 1 aliphatic heterocycles. The Balaban J connectivity index is 2.18. The predicted octanol–water partition coefficient (Wildman–Crippen LogP) is 1.87. The van der Waals surface area contributed by atoms with Crippen molar-refractivity contribution in [2.75, 3.05) is 37.6 Å². The SMILES string of the molecule is CC[C@@H](O)CN1CCN(c2ccccc2S(=O)(=O)C(F)(F)F)CC1. The molecule has 1 atom stereocenters. The van der Waals surface area contributed by atoms with Gasteiger partial charge in [0.25, 0.3) is 9.84 Å². The summed E-state index contributed by atoms with van der Waals surface area (Å²) in [5.41, 5.74) is -5.25. The second kappa shape index (κ2) is 7.28.